The Hall–Kier alpha value is -1.60. The summed E-state index contributed by atoms with van der Waals surface area (Å²) in [5.41, 5.74) is 2.30. The standard InChI is InChI=1S/C17H22N4OS2/c1-10(2)9-21-12(4)11(3)18-17(21)24-13(5)15-19-20-16(22-15)14-7-6-8-23-14/h6-8,10,13H,9H2,1-5H3/t13-/m1/s1. The predicted molar refractivity (Wildman–Crippen MR) is 98.4 cm³/mol. The predicted octanol–water partition coefficient (Wildman–Crippen LogP) is 5.12. The van der Waals surface area contributed by atoms with Gasteiger partial charge in [0.1, 0.15) is 0 Å². The van der Waals surface area contributed by atoms with Crippen LogP contribution in [-0.2, 0) is 6.54 Å². The molecule has 0 saturated heterocycles. The molecule has 0 bridgehead atoms. The van der Waals surface area contributed by atoms with Crippen LogP contribution in [0.3, 0.4) is 0 Å². The molecule has 0 aliphatic rings. The summed E-state index contributed by atoms with van der Waals surface area (Å²) in [5.74, 6) is 1.80. The van der Waals surface area contributed by atoms with Crippen molar-refractivity contribution in [3.63, 3.8) is 0 Å². The Bertz CT molecular complexity index is 805. The van der Waals surface area contributed by atoms with Crippen molar-refractivity contribution in [2.45, 2.75) is 51.6 Å². The van der Waals surface area contributed by atoms with E-state index in [4.69, 9.17) is 9.40 Å². The minimum absolute atomic E-state index is 0.0540. The quantitative estimate of drug-likeness (QED) is 0.570. The molecule has 0 aliphatic carbocycles. The molecule has 0 N–H and O–H groups in total. The van der Waals surface area contributed by atoms with Crippen molar-refractivity contribution in [2.24, 2.45) is 5.92 Å². The van der Waals surface area contributed by atoms with Gasteiger partial charge in [0.15, 0.2) is 5.16 Å². The fraction of sp³-hybridized carbons (Fsp3) is 0.471. The van der Waals surface area contributed by atoms with E-state index in [2.05, 4.69) is 49.4 Å². The number of hydrogen-bond donors (Lipinski definition) is 0. The third-order valence-corrected chi connectivity index (χ3v) is 5.71. The Morgan fingerprint density at radius 2 is 2.04 bits per heavy atom. The highest BCUT2D eigenvalue weighted by atomic mass is 32.2. The molecule has 0 fully saturated rings. The highest BCUT2D eigenvalue weighted by Gasteiger charge is 2.21. The van der Waals surface area contributed by atoms with Gasteiger partial charge in [-0.05, 0) is 38.1 Å². The Balaban J connectivity index is 1.80. The number of aryl methyl sites for hydroxylation is 1. The Labute approximate surface area is 150 Å². The van der Waals surface area contributed by atoms with E-state index in [1.807, 2.05) is 17.5 Å². The minimum atomic E-state index is 0.0540. The number of hydrogen-bond acceptors (Lipinski definition) is 6. The van der Waals surface area contributed by atoms with E-state index in [0.29, 0.717) is 17.7 Å². The van der Waals surface area contributed by atoms with E-state index >= 15 is 0 Å². The number of imidazole rings is 1. The maximum absolute atomic E-state index is 5.85. The lowest BCUT2D eigenvalue weighted by molar-refractivity contribution is 0.484. The summed E-state index contributed by atoms with van der Waals surface area (Å²) in [4.78, 5) is 5.72. The van der Waals surface area contributed by atoms with Gasteiger partial charge in [0, 0.05) is 12.2 Å². The zero-order valence-electron chi connectivity index (χ0n) is 14.6. The third-order valence-electron chi connectivity index (χ3n) is 3.77. The van der Waals surface area contributed by atoms with Crippen LogP contribution in [0.1, 0.15) is 43.3 Å². The number of rotatable bonds is 6. The van der Waals surface area contributed by atoms with E-state index in [-0.39, 0.29) is 5.25 Å². The van der Waals surface area contributed by atoms with Gasteiger partial charge in [-0.3, -0.25) is 0 Å². The monoisotopic (exact) mass is 362 g/mol. The molecule has 0 aliphatic heterocycles. The molecule has 3 aromatic heterocycles. The number of thiophene rings is 1. The summed E-state index contributed by atoms with van der Waals surface area (Å²) >= 11 is 3.27. The van der Waals surface area contributed by atoms with Crippen molar-refractivity contribution >= 4 is 23.1 Å². The molecule has 7 heteroatoms. The molecular formula is C17H22N4OS2. The van der Waals surface area contributed by atoms with Crippen LogP contribution < -0.4 is 0 Å². The van der Waals surface area contributed by atoms with Crippen molar-refractivity contribution in [3.05, 3.63) is 34.8 Å². The lowest BCUT2D eigenvalue weighted by Crippen LogP contribution is -2.08. The minimum Gasteiger partial charge on any atom is -0.419 e. The largest absolute Gasteiger partial charge is 0.419 e. The molecular weight excluding hydrogens is 340 g/mol. The van der Waals surface area contributed by atoms with Crippen LogP contribution in [0.5, 0.6) is 0 Å². The number of thioether (sulfide) groups is 1. The van der Waals surface area contributed by atoms with Crippen LogP contribution in [0.4, 0.5) is 0 Å². The van der Waals surface area contributed by atoms with Gasteiger partial charge in [0.2, 0.25) is 5.89 Å². The molecule has 0 unspecified atom stereocenters. The summed E-state index contributed by atoms with van der Waals surface area (Å²) < 4.78 is 8.14. The third kappa shape index (κ3) is 3.57. The van der Waals surface area contributed by atoms with Gasteiger partial charge in [-0.15, -0.1) is 21.5 Å². The van der Waals surface area contributed by atoms with Crippen molar-refractivity contribution < 1.29 is 4.42 Å². The van der Waals surface area contributed by atoms with Crippen LogP contribution in [-0.4, -0.2) is 19.7 Å². The first kappa shape index (κ1) is 17.2. The number of aromatic nitrogens is 4. The van der Waals surface area contributed by atoms with E-state index < -0.39 is 0 Å². The molecule has 0 aromatic carbocycles. The van der Waals surface area contributed by atoms with Gasteiger partial charge in [0.05, 0.1) is 15.8 Å². The van der Waals surface area contributed by atoms with E-state index in [1.54, 1.807) is 23.1 Å². The lowest BCUT2D eigenvalue weighted by atomic mass is 10.2. The van der Waals surface area contributed by atoms with Gasteiger partial charge >= 0.3 is 0 Å². The number of nitrogens with zero attached hydrogens (tertiary/aromatic N) is 4. The summed E-state index contributed by atoms with van der Waals surface area (Å²) in [6.07, 6.45) is 0. The van der Waals surface area contributed by atoms with Crippen molar-refractivity contribution in [1.82, 2.24) is 19.7 Å². The summed E-state index contributed by atoms with van der Waals surface area (Å²) in [6.45, 7) is 11.7. The SMILES string of the molecule is Cc1nc(S[C@H](C)c2nnc(-c3cccs3)o2)n(CC(C)C)c1C. The zero-order chi connectivity index (χ0) is 17.3. The Morgan fingerprint density at radius 1 is 1.25 bits per heavy atom. The Morgan fingerprint density at radius 3 is 2.71 bits per heavy atom. The van der Waals surface area contributed by atoms with Gasteiger partial charge in [0.25, 0.3) is 5.89 Å². The molecule has 3 rings (SSSR count). The topological polar surface area (TPSA) is 56.7 Å². The maximum Gasteiger partial charge on any atom is 0.257 e. The van der Waals surface area contributed by atoms with Crippen LogP contribution in [0, 0.1) is 19.8 Å². The van der Waals surface area contributed by atoms with Gasteiger partial charge < -0.3 is 8.98 Å². The van der Waals surface area contributed by atoms with Crippen LogP contribution in [0.2, 0.25) is 0 Å². The maximum atomic E-state index is 5.85. The molecule has 0 amide bonds. The van der Waals surface area contributed by atoms with Gasteiger partial charge in [-0.2, -0.15) is 0 Å². The molecule has 5 nitrogen and oxygen atoms in total. The zero-order valence-corrected chi connectivity index (χ0v) is 16.2. The van der Waals surface area contributed by atoms with E-state index in [9.17, 15) is 0 Å². The van der Waals surface area contributed by atoms with Crippen LogP contribution in [0.15, 0.2) is 27.1 Å². The highest BCUT2D eigenvalue weighted by Crippen LogP contribution is 2.36. The molecule has 3 aromatic rings. The average Bonchev–Trinajstić information content (AvgIpc) is 3.24. The van der Waals surface area contributed by atoms with Crippen LogP contribution in [0.25, 0.3) is 10.8 Å². The van der Waals surface area contributed by atoms with Crippen molar-refractivity contribution in [2.75, 3.05) is 0 Å². The highest BCUT2D eigenvalue weighted by molar-refractivity contribution is 7.99. The van der Waals surface area contributed by atoms with Gasteiger partial charge in [-0.25, -0.2) is 4.98 Å². The van der Waals surface area contributed by atoms with Crippen LogP contribution >= 0.6 is 23.1 Å². The molecule has 0 radical (unpaired) electrons. The first-order valence-electron chi connectivity index (χ1n) is 8.03. The molecule has 0 saturated carbocycles. The first-order valence-corrected chi connectivity index (χ1v) is 9.79. The van der Waals surface area contributed by atoms with Crippen molar-refractivity contribution in [1.29, 1.82) is 0 Å². The fourth-order valence-corrected chi connectivity index (χ4v) is 4.09. The molecule has 3 heterocycles. The summed E-state index contributed by atoms with van der Waals surface area (Å²) in [6, 6.07) is 3.97. The lowest BCUT2D eigenvalue weighted by Gasteiger charge is -2.13. The second-order valence-corrected chi connectivity index (χ2v) is 8.51. The van der Waals surface area contributed by atoms with E-state index in [1.165, 1.54) is 5.69 Å². The fourth-order valence-electron chi connectivity index (χ4n) is 2.40. The summed E-state index contributed by atoms with van der Waals surface area (Å²) in [5, 5.41) is 11.5. The van der Waals surface area contributed by atoms with Crippen molar-refractivity contribution in [3.8, 4) is 10.8 Å². The Kier molecular flexibility index (Phi) is 5.10. The first-order chi connectivity index (χ1) is 11.5. The molecule has 0 spiro atoms. The van der Waals surface area contributed by atoms with E-state index in [0.717, 1.165) is 22.3 Å². The molecule has 1 atom stereocenters. The second-order valence-electron chi connectivity index (χ2n) is 6.25. The molecule has 24 heavy (non-hydrogen) atoms. The second kappa shape index (κ2) is 7.11. The van der Waals surface area contributed by atoms with Gasteiger partial charge in [-0.1, -0.05) is 31.7 Å². The smallest absolute Gasteiger partial charge is 0.257 e. The molecule has 128 valence electrons. The summed E-state index contributed by atoms with van der Waals surface area (Å²) in [7, 11) is 0. The average molecular weight is 363 g/mol. The normalized spacial score (nSPS) is 12.9.